The van der Waals surface area contributed by atoms with Crippen molar-refractivity contribution in [2.24, 2.45) is 0 Å². The van der Waals surface area contributed by atoms with Crippen molar-refractivity contribution in [2.45, 2.75) is 45.7 Å². The summed E-state index contributed by atoms with van der Waals surface area (Å²) in [6.07, 6.45) is 2.39. The normalized spacial score (nSPS) is 13.1. The van der Waals surface area contributed by atoms with Gasteiger partial charge in [-0.1, -0.05) is 55.5 Å². The van der Waals surface area contributed by atoms with E-state index in [4.69, 9.17) is 0 Å². The van der Waals surface area contributed by atoms with Crippen molar-refractivity contribution < 1.29 is 18.0 Å². The van der Waals surface area contributed by atoms with Gasteiger partial charge in [-0.15, -0.1) is 0 Å². The second-order valence-electron chi connectivity index (χ2n) is 7.92. The zero-order valence-corrected chi connectivity index (χ0v) is 20.0. The molecule has 2 aromatic carbocycles. The van der Waals surface area contributed by atoms with Gasteiger partial charge >= 0.3 is 0 Å². The Bertz CT molecular complexity index is 981. The third kappa shape index (κ3) is 7.37. The molecule has 0 saturated carbocycles. The average molecular weight is 460 g/mol. The molecule has 0 aliphatic carbocycles. The fourth-order valence-corrected chi connectivity index (χ4v) is 4.09. The molecule has 0 bridgehead atoms. The minimum atomic E-state index is -3.70. The number of hydrogen-bond acceptors (Lipinski definition) is 4. The van der Waals surface area contributed by atoms with Crippen LogP contribution >= 0.6 is 0 Å². The number of nitrogens with one attached hydrogen (secondary N) is 1. The molecule has 0 fully saturated rings. The number of sulfonamides is 1. The van der Waals surface area contributed by atoms with Crippen LogP contribution in [0.5, 0.6) is 0 Å². The van der Waals surface area contributed by atoms with Gasteiger partial charge in [0.1, 0.15) is 12.6 Å². The first-order valence-electron chi connectivity index (χ1n) is 10.8. The summed E-state index contributed by atoms with van der Waals surface area (Å²) in [5.74, 6) is -0.687. The van der Waals surface area contributed by atoms with E-state index in [0.717, 1.165) is 22.5 Å². The van der Waals surface area contributed by atoms with Crippen molar-refractivity contribution in [1.29, 1.82) is 0 Å². The smallest absolute Gasteiger partial charge is 0.244 e. The minimum Gasteiger partial charge on any atom is -0.352 e. The summed E-state index contributed by atoms with van der Waals surface area (Å²) in [7, 11) is -3.70. The number of amides is 2. The van der Waals surface area contributed by atoms with Gasteiger partial charge < -0.3 is 10.2 Å². The molecule has 2 rings (SSSR count). The van der Waals surface area contributed by atoms with Gasteiger partial charge in [-0.2, -0.15) is 0 Å². The summed E-state index contributed by atoms with van der Waals surface area (Å²) in [5.41, 5.74) is 1.44. The molecule has 0 aromatic heterocycles. The molecule has 2 amide bonds. The van der Waals surface area contributed by atoms with E-state index in [9.17, 15) is 18.0 Å². The standard InChI is InChI=1S/C24H33N3O4S/c1-5-19(2)25-24(29)20(3)26(17-16-21-12-8-6-9-13-21)23(28)18-27(32(4,30)31)22-14-10-7-11-15-22/h6-15,19-20H,5,16-18H2,1-4H3,(H,25,29). The van der Waals surface area contributed by atoms with Gasteiger partial charge in [0.15, 0.2) is 0 Å². The highest BCUT2D eigenvalue weighted by molar-refractivity contribution is 7.92. The summed E-state index contributed by atoms with van der Waals surface area (Å²) in [4.78, 5) is 27.6. The van der Waals surface area contributed by atoms with Crippen molar-refractivity contribution in [3.8, 4) is 0 Å². The lowest BCUT2D eigenvalue weighted by atomic mass is 10.1. The largest absolute Gasteiger partial charge is 0.352 e. The van der Waals surface area contributed by atoms with Crippen LogP contribution in [0, 0.1) is 0 Å². The van der Waals surface area contributed by atoms with Crippen LogP contribution in [0.4, 0.5) is 5.69 Å². The molecule has 0 heterocycles. The van der Waals surface area contributed by atoms with E-state index in [-0.39, 0.29) is 18.5 Å². The van der Waals surface area contributed by atoms with E-state index in [0.29, 0.717) is 18.7 Å². The Balaban J connectivity index is 2.27. The highest BCUT2D eigenvalue weighted by atomic mass is 32.2. The van der Waals surface area contributed by atoms with Crippen LogP contribution in [0.2, 0.25) is 0 Å². The highest BCUT2D eigenvalue weighted by Gasteiger charge is 2.30. The third-order valence-electron chi connectivity index (χ3n) is 5.38. The molecule has 7 nitrogen and oxygen atoms in total. The number of rotatable bonds is 11. The van der Waals surface area contributed by atoms with Crippen LogP contribution in [0.15, 0.2) is 60.7 Å². The van der Waals surface area contributed by atoms with Gasteiger partial charge in [-0.25, -0.2) is 8.42 Å². The lowest BCUT2D eigenvalue weighted by molar-refractivity contribution is -0.139. The predicted octanol–water partition coefficient (Wildman–Crippen LogP) is 2.83. The number of carbonyl (C=O) groups excluding carboxylic acids is 2. The lowest BCUT2D eigenvalue weighted by Crippen LogP contribution is -2.53. The predicted molar refractivity (Wildman–Crippen MR) is 128 cm³/mol. The Kier molecular flexibility index (Phi) is 9.26. The fraction of sp³-hybridized carbons (Fsp3) is 0.417. The van der Waals surface area contributed by atoms with Crippen molar-refractivity contribution in [3.05, 3.63) is 66.2 Å². The molecular formula is C24H33N3O4S. The SMILES string of the molecule is CCC(C)NC(=O)C(C)N(CCc1ccccc1)C(=O)CN(c1ccccc1)S(C)(=O)=O. The van der Waals surface area contributed by atoms with Crippen molar-refractivity contribution in [1.82, 2.24) is 10.2 Å². The van der Waals surface area contributed by atoms with Crippen LogP contribution in [-0.2, 0) is 26.0 Å². The topological polar surface area (TPSA) is 86.8 Å². The molecule has 0 aliphatic rings. The zero-order valence-electron chi connectivity index (χ0n) is 19.2. The van der Waals surface area contributed by atoms with Gasteiger partial charge in [-0.3, -0.25) is 13.9 Å². The molecule has 32 heavy (non-hydrogen) atoms. The van der Waals surface area contributed by atoms with Crippen LogP contribution < -0.4 is 9.62 Å². The first-order chi connectivity index (χ1) is 15.1. The second kappa shape index (κ2) is 11.7. The molecule has 0 saturated heterocycles. The molecule has 1 N–H and O–H groups in total. The van der Waals surface area contributed by atoms with E-state index in [2.05, 4.69) is 5.32 Å². The van der Waals surface area contributed by atoms with Crippen molar-refractivity contribution >= 4 is 27.5 Å². The first-order valence-corrected chi connectivity index (χ1v) is 12.6. The quantitative estimate of drug-likeness (QED) is 0.560. The summed E-state index contributed by atoms with van der Waals surface area (Å²) in [5, 5.41) is 2.91. The number of anilines is 1. The van der Waals surface area contributed by atoms with Crippen molar-refractivity contribution in [3.63, 3.8) is 0 Å². The van der Waals surface area contributed by atoms with Crippen LogP contribution in [-0.4, -0.2) is 56.6 Å². The summed E-state index contributed by atoms with van der Waals surface area (Å²) in [6, 6.07) is 17.4. The fourth-order valence-electron chi connectivity index (χ4n) is 3.24. The van der Waals surface area contributed by atoms with Gasteiger partial charge in [0.2, 0.25) is 21.8 Å². The molecule has 0 radical (unpaired) electrons. The average Bonchev–Trinajstić information content (AvgIpc) is 2.77. The number of benzene rings is 2. The van der Waals surface area contributed by atoms with Crippen LogP contribution in [0.1, 0.15) is 32.8 Å². The Morgan fingerprint density at radius 1 is 0.969 bits per heavy atom. The molecule has 2 atom stereocenters. The Morgan fingerprint density at radius 2 is 1.53 bits per heavy atom. The monoisotopic (exact) mass is 459 g/mol. The summed E-state index contributed by atoms with van der Waals surface area (Å²) in [6.45, 7) is 5.47. The van der Waals surface area contributed by atoms with Crippen molar-refractivity contribution in [2.75, 3.05) is 23.7 Å². The number of hydrogen-bond donors (Lipinski definition) is 1. The summed E-state index contributed by atoms with van der Waals surface area (Å²) < 4.78 is 25.9. The Hall–Kier alpha value is -2.87. The van der Waals surface area contributed by atoms with Gasteiger partial charge in [0, 0.05) is 12.6 Å². The maximum atomic E-state index is 13.3. The van der Waals surface area contributed by atoms with E-state index in [1.807, 2.05) is 44.2 Å². The van der Waals surface area contributed by atoms with Crippen LogP contribution in [0.3, 0.4) is 0 Å². The van der Waals surface area contributed by atoms with E-state index in [1.54, 1.807) is 37.3 Å². The van der Waals surface area contributed by atoms with Gasteiger partial charge in [-0.05, 0) is 44.4 Å². The maximum Gasteiger partial charge on any atom is 0.244 e. The number of para-hydroxylation sites is 1. The maximum absolute atomic E-state index is 13.3. The first kappa shape index (κ1) is 25.4. The molecule has 8 heteroatoms. The Labute approximate surface area is 191 Å². The highest BCUT2D eigenvalue weighted by Crippen LogP contribution is 2.18. The van der Waals surface area contributed by atoms with E-state index >= 15 is 0 Å². The second-order valence-corrected chi connectivity index (χ2v) is 9.83. The van der Waals surface area contributed by atoms with Gasteiger partial charge in [0.25, 0.3) is 0 Å². The number of carbonyl (C=O) groups is 2. The van der Waals surface area contributed by atoms with Crippen LogP contribution in [0.25, 0.3) is 0 Å². The van der Waals surface area contributed by atoms with E-state index in [1.165, 1.54) is 4.90 Å². The zero-order chi connectivity index (χ0) is 23.7. The molecular weight excluding hydrogens is 426 g/mol. The molecule has 2 aromatic rings. The molecule has 0 aliphatic heterocycles. The van der Waals surface area contributed by atoms with E-state index < -0.39 is 22.0 Å². The molecule has 0 spiro atoms. The molecule has 174 valence electrons. The molecule has 2 unspecified atom stereocenters. The third-order valence-corrected chi connectivity index (χ3v) is 6.52. The lowest BCUT2D eigenvalue weighted by Gasteiger charge is -2.32. The minimum absolute atomic E-state index is 0.0205. The Morgan fingerprint density at radius 3 is 2.06 bits per heavy atom. The number of nitrogens with zero attached hydrogens (tertiary/aromatic N) is 2. The summed E-state index contributed by atoms with van der Waals surface area (Å²) >= 11 is 0. The van der Waals surface area contributed by atoms with Gasteiger partial charge in [0.05, 0.1) is 11.9 Å².